The lowest BCUT2D eigenvalue weighted by Gasteiger charge is -2.27. The van der Waals surface area contributed by atoms with Crippen molar-refractivity contribution < 1.29 is 40.4 Å². The van der Waals surface area contributed by atoms with Crippen LogP contribution in [0.3, 0.4) is 0 Å². The number of alkyl halides is 3. The van der Waals surface area contributed by atoms with Crippen molar-refractivity contribution in [2.75, 3.05) is 10.8 Å². The van der Waals surface area contributed by atoms with Gasteiger partial charge in [0.15, 0.2) is 0 Å². The van der Waals surface area contributed by atoms with Gasteiger partial charge in [0.05, 0.1) is 17.8 Å². The number of hydrogen-bond acceptors (Lipinski definition) is 7. The van der Waals surface area contributed by atoms with E-state index in [1.165, 1.54) is 16.4 Å². The molecule has 1 aliphatic rings. The molecule has 13 heteroatoms. The zero-order valence-corrected chi connectivity index (χ0v) is 23.4. The van der Waals surface area contributed by atoms with E-state index >= 15 is 0 Å². The second-order valence-electron chi connectivity index (χ2n) is 9.53. The maximum Gasteiger partial charge on any atom is 0.416 e. The SMILES string of the molecule is CC(=O)ON(Cc1ccc(OCc2nc(-c3ccc(C(F)(F)F)cc3)oc2C)cc1)S(=O)(=O)N1CCc2ccccc21. The zero-order chi connectivity index (χ0) is 30.1. The number of aryl methyl sites for hydroxylation is 1. The summed E-state index contributed by atoms with van der Waals surface area (Å²) in [6, 6.07) is 18.2. The van der Waals surface area contributed by atoms with Gasteiger partial charge in [0.25, 0.3) is 0 Å². The summed E-state index contributed by atoms with van der Waals surface area (Å²) in [5.41, 5.74) is 2.07. The molecule has 0 atom stereocenters. The largest absolute Gasteiger partial charge is 0.487 e. The van der Waals surface area contributed by atoms with Crippen LogP contribution in [0.2, 0.25) is 0 Å². The zero-order valence-electron chi connectivity index (χ0n) is 22.6. The van der Waals surface area contributed by atoms with Crippen LogP contribution in [0.1, 0.15) is 35.1 Å². The Bertz CT molecular complexity index is 1690. The number of carbonyl (C=O) groups is 1. The summed E-state index contributed by atoms with van der Waals surface area (Å²) in [4.78, 5) is 21.2. The highest BCUT2D eigenvalue weighted by molar-refractivity contribution is 7.90. The van der Waals surface area contributed by atoms with Gasteiger partial charge in [-0.2, -0.15) is 21.6 Å². The standard InChI is InChI=1S/C29H26F3N3O6S/c1-19-26(33-28(40-19)23-9-11-24(12-10-23)29(30,31)32)18-39-25-13-7-21(8-14-25)17-35(41-20(2)36)42(37,38)34-16-15-22-5-3-4-6-27(22)34/h3-14H,15-18H2,1-2H3. The first kappa shape index (κ1) is 29.1. The van der Waals surface area contributed by atoms with Crippen LogP contribution in [0.15, 0.2) is 77.2 Å². The Labute approximate surface area is 240 Å². The number of benzene rings is 3. The molecule has 2 heterocycles. The highest BCUT2D eigenvalue weighted by atomic mass is 32.2. The number of ether oxygens (including phenoxy) is 1. The molecule has 1 aliphatic heterocycles. The van der Waals surface area contributed by atoms with E-state index in [-0.39, 0.29) is 25.6 Å². The van der Waals surface area contributed by atoms with Gasteiger partial charge in [-0.3, -0.25) is 9.10 Å². The molecule has 42 heavy (non-hydrogen) atoms. The fraction of sp³-hybridized carbons (Fsp3) is 0.241. The molecule has 3 aromatic carbocycles. The van der Waals surface area contributed by atoms with Crippen LogP contribution < -0.4 is 9.04 Å². The monoisotopic (exact) mass is 601 g/mol. The number of fused-ring (bicyclic) bond motifs is 1. The molecule has 0 unspecified atom stereocenters. The molecule has 0 bridgehead atoms. The van der Waals surface area contributed by atoms with Crippen LogP contribution in [0.5, 0.6) is 5.75 Å². The highest BCUT2D eigenvalue weighted by Gasteiger charge is 2.36. The highest BCUT2D eigenvalue weighted by Crippen LogP contribution is 2.33. The number of hydroxylamine groups is 1. The van der Waals surface area contributed by atoms with Crippen molar-refractivity contribution in [3.8, 4) is 17.2 Å². The third-order valence-electron chi connectivity index (χ3n) is 6.57. The number of hydrogen-bond donors (Lipinski definition) is 0. The Morgan fingerprint density at radius 2 is 1.74 bits per heavy atom. The number of rotatable bonds is 9. The first-order valence-corrected chi connectivity index (χ1v) is 14.2. The van der Waals surface area contributed by atoms with Crippen molar-refractivity contribution in [2.45, 2.75) is 39.6 Å². The van der Waals surface area contributed by atoms with Crippen molar-refractivity contribution in [2.24, 2.45) is 0 Å². The second kappa shape index (κ2) is 11.5. The lowest BCUT2D eigenvalue weighted by molar-refractivity contribution is -0.168. The van der Waals surface area contributed by atoms with E-state index in [9.17, 15) is 26.4 Å². The molecule has 0 spiro atoms. The molecule has 0 saturated carbocycles. The molecule has 220 valence electrons. The molecule has 9 nitrogen and oxygen atoms in total. The topological polar surface area (TPSA) is 102 Å². The number of para-hydroxylation sites is 1. The first-order valence-electron chi connectivity index (χ1n) is 12.8. The quantitative estimate of drug-likeness (QED) is 0.222. The maximum atomic E-state index is 13.4. The molecule has 0 fully saturated rings. The van der Waals surface area contributed by atoms with Crippen LogP contribution >= 0.6 is 0 Å². The number of nitrogens with zero attached hydrogens (tertiary/aromatic N) is 3. The minimum atomic E-state index is -4.44. The summed E-state index contributed by atoms with van der Waals surface area (Å²) in [6.45, 7) is 2.84. The van der Waals surface area contributed by atoms with Crippen molar-refractivity contribution >= 4 is 21.9 Å². The lowest BCUT2D eigenvalue weighted by atomic mass is 10.1. The molecular formula is C29H26F3N3O6S. The van der Waals surface area contributed by atoms with E-state index in [2.05, 4.69) is 4.98 Å². The van der Waals surface area contributed by atoms with Crippen molar-refractivity contribution in [3.63, 3.8) is 0 Å². The van der Waals surface area contributed by atoms with Crippen LogP contribution in [0.25, 0.3) is 11.5 Å². The average molecular weight is 602 g/mol. The minimum absolute atomic E-state index is 0.0254. The normalized spacial score (nSPS) is 13.3. The van der Waals surface area contributed by atoms with Gasteiger partial charge in [-0.15, -0.1) is 0 Å². The Morgan fingerprint density at radius 1 is 1.05 bits per heavy atom. The molecule has 1 aromatic heterocycles. The Balaban J connectivity index is 1.25. The van der Waals surface area contributed by atoms with Gasteiger partial charge < -0.3 is 14.0 Å². The predicted octanol–water partition coefficient (Wildman–Crippen LogP) is 5.84. The van der Waals surface area contributed by atoms with Crippen molar-refractivity contribution in [1.29, 1.82) is 0 Å². The third-order valence-corrected chi connectivity index (χ3v) is 8.23. The third kappa shape index (κ3) is 6.26. The molecule has 4 aromatic rings. The Kier molecular flexibility index (Phi) is 7.97. The molecule has 0 amide bonds. The van der Waals surface area contributed by atoms with Gasteiger partial charge in [-0.05, 0) is 71.4 Å². The predicted molar refractivity (Wildman–Crippen MR) is 146 cm³/mol. The van der Waals surface area contributed by atoms with Gasteiger partial charge in [0.2, 0.25) is 5.89 Å². The first-order chi connectivity index (χ1) is 19.9. The average Bonchev–Trinajstić information content (AvgIpc) is 3.55. The molecule has 0 aliphatic carbocycles. The maximum absolute atomic E-state index is 13.4. The lowest BCUT2D eigenvalue weighted by Crippen LogP contribution is -2.43. The van der Waals surface area contributed by atoms with Crippen molar-refractivity contribution in [3.05, 3.63) is 101 Å². The summed E-state index contributed by atoms with van der Waals surface area (Å²) in [6.07, 6.45) is -3.89. The number of carbonyl (C=O) groups excluding carboxylic acids is 1. The van der Waals surface area contributed by atoms with Crippen molar-refractivity contribution in [1.82, 2.24) is 9.45 Å². The number of aromatic nitrogens is 1. The van der Waals surface area contributed by atoms with E-state index in [1.807, 2.05) is 12.1 Å². The van der Waals surface area contributed by atoms with Gasteiger partial charge >= 0.3 is 22.4 Å². The molecule has 5 rings (SSSR count). The smallest absolute Gasteiger partial charge is 0.416 e. The van der Waals surface area contributed by atoms with Crippen LogP contribution in [-0.2, 0) is 45.6 Å². The van der Waals surface area contributed by atoms with E-state index in [4.69, 9.17) is 14.0 Å². The molecular weight excluding hydrogens is 575 g/mol. The number of halogens is 3. The van der Waals surface area contributed by atoms with E-state index in [0.717, 1.165) is 24.6 Å². The molecule has 0 radical (unpaired) electrons. The van der Waals surface area contributed by atoms with E-state index in [1.54, 1.807) is 43.3 Å². The summed E-state index contributed by atoms with van der Waals surface area (Å²) in [5, 5.41) is 0. The summed E-state index contributed by atoms with van der Waals surface area (Å²) < 4.78 is 78.8. The van der Waals surface area contributed by atoms with Gasteiger partial charge in [-0.25, -0.2) is 4.98 Å². The van der Waals surface area contributed by atoms with Gasteiger partial charge in [0, 0.05) is 19.0 Å². The van der Waals surface area contributed by atoms with Crippen LogP contribution in [0, 0.1) is 6.92 Å². The van der Waals surface area contributed by atoms with Gasteiger partial charge in [0.1, 0.15) is 23.8 Å². The minimum Gasteiger partial charge on any atom is -0.487 e. The number of oxazole rings is 1. The summed E-state index contributed by atoms with van der Waals surface area (Å²) >= 11 is 0. The fourth-order valence-electron chi connectivity index (χ4n) is 4.44. The Morgan fingerprint density at radius 3 is 2.40 bits per heavy atom. The molecule has 0 N–H and O–H groups in total. The van der Waals surface area contributed by atoms with Crippen LogP contribution in [-0.4, -0.2) is 30.4 Å². The van der Waals surface area contributed by atoms with Gasteiger partial charge in [-0.1, -0.05) is 30.3 Å². The summed E-state index contributed by atoms with van der Waals surface area (Å²) in [5.74, 6) is 0.298. The number of anilines is 1. The van der Waals surface area contributed by atoms with Crippen LogP contribution in [0.4, 0.5) is 18.9 Å². The van der Waals surface area contributed by atoms with E-state index < -0.39 is 27.9 Å². The van der Waals surface area contributed by atoms with E-state index in [0.29, 0.717) is 44.9 Å². The Hall–Kier alpha value is -4.36. The summed E-state index contributed by atoms with van der Waals surface area (Å²) in [7, 11) is -4.18. The second-order valence-corrected chi connectivity index (χ2v) is 11.3. The fourth-order valence-corrected chi connectivity index (χ4v) is 5.92. The molecule has 0 saturated heterocycles.